The van der Waals surface area contributed by atoms with Gasteiger partial charge in [-0.05, 0) is 50.8 Å². The summed E-state index contributed by atoms with van der Waals surface area (Å²) in [4.78, 5) is 11.9. The average Bonchev–Trinajstić information content (AvgIpc) is 2.56. The first-order valence-corrected chi connectivity index (χ1v) is 7.22. The fourth-order valence-electron chi connectivity index (χ4n) is 1.08. The van der Waals surface area contributed by atoms with Gasteiger partial charge in [0.2, 0.25) is 0 Å². The summed E-state index contributed by atoms with van der Waals surface area (Å²) in [5.74, 6) is -0.0774. The topological polar surface area (TPSA) is 49.3 Å². The number of carbonyl (C=O) groups is 1. The van der Waals surface area contributed by atoms with Gasteiger partial charge in [0.15, 0.2) is 0 Å². The Morgan fingerprint density at radius 3 is 2.62 bits per heavy atom. The van der Waals surface area contributed by atoms with Crippen LogP contribution in [0.15, 0.2) is 13.6 Å². The van der Waals surface area contributed by atoms with Crippen LogP contribution < -0.4 is 5.32 Å². The summed E-state index contributed by atoms with van der Waals surface area (Å²) in [6, 6.07) is 1.73. The van der Waals surface area contributed by atoms with Gasteiger partial charge in [0.25, 0.3) is 5.91 Å². The highest BCUT2D eigenvalue weighted by atomic mass is 79.9. The molecule has 0 aliphatic heterocycles. The van der Waals surface area contributed by atoms with Gasteiger partial charge < -0.3 is 10.4 Å². The van der Waals surface area contributed by atoms with Gasteiger partial charge in [-0.3, -0.25) is 4.79 Å². The summed E-state index contributed by atoms with van der Waals surface area (Å²) < 4.78 is 1.72. The third-order valence-electron chi connectivity index (χ3n) is 2.40. The van der Waals surface area contributed by atoms with E-state index in [0.29, 0.717) is 5.56 Å². The summed E-state index contributed by atoms with van der Waals surface area (Å²) in [6.45, 7) is 3.84. The fraction of sp³-hybridized carbons (Fsp3) is 0.500. The Labute approximate surface area is 116 Å². The summed E-state index contributed by atoms with van der Waals surface area (Å²) in [5, 5.41) is 11.8. The van der Waals surface area contributed by atoms with Gasteiger partial charge in [-0.2, -0.15) is 0 Å². The van der Waals surface area contributed by atoms with Gasteiger partial charge in [-0.25, -0.2) is 0 Å². The Morgan fingerprint density at radius 1 is 1.56 bits per heavy atom. The lowest BCUT2D eigenvalue weighted by molar-refractivity contribution is 0.0916. The van der Waals surface area contributed by atoms with Crippen molar-refractivity contribution in [3.63, 3.8) is 0 Å². The molecule has 2 unspecified atom stereocenters. The second kappa shape index (κ2) is 6.14. The smallest absolute Gasteiger partial charge is 0.253 e. The molecule has 1 aromatic heterocycles. The van der Waals surface area contributed by atoms with E-state index in [4.69, 9.17) is 5.11 Å². The number of rotatable bonds is 4. The van der Waals surface area contributed by atoms with Gasteiger partial charge in [-0.1, -0.05) is 6.92 Å². The molecule has 0 aliphatic carbocycles. The predicted octanol–water partition coefficient (Wildman–Crippen LogP) is 3.02. The van der Waals surface area contributed by atoms with E-state index in [1.807, 2.05) is 13.8 Å². The first kappa shape index (κ1) is 14.2. The molecule has 0 bridgehead atoms. The lowest BCUT2D eigenvalue weighted by Crippen LogP contribution is -2.38. The molecule has 2 N–H and O–H groups in total. The van der Waals surface area contributed by atoms with Crippen LogP contribution in [0, 0.1) is 5.92 Å². The second-order valence-corrected chi connectivity index (χ2v) is 7.41. The predicted molar refractivity (Wildman–Crippen MR) is 72.9 cm³/mol. The Morgan fingerprint density at radius 2 is 2.19 bits per heavy atom. The van der Waals surface area contributed by atoms with E-state index < -0.39 is 0 Å². The molecule has 0 aromatic carbocycles. The molecular formula is C10H13Br2NO2S. The van der Waals surface area contributed by atoms with Crippen LogP contribution >= 0.6 is 43.2 Å². The molecule has 0 radical (unpaired) electrons. The molecule has 6 heteroatoms. The monoisotopic (exact) mass is 369 g/mol. The van der Waals surface area contributed by atoms with Crippen LogP contribution in [0.5, 0.6) is 0 Å². The molecule has 0 fully saturated rings. The van der Waals surface area contributed by atoms with Crippen LogP contribution in [0.25, 0.3) is 0 Å². The van der Waals surface area contributed by atoms with Crippen molar-refractivity contribution in [1.82, 2.24) is 5.32 Å². The zero-order valence-electron chi connectivity index (χ0n) is 8.96. The van der Waals surface area contributed by atoms with Crippen molar-refractivity contribution in [3.05, 3.63) is 19.2 Å². The Balaban J connectivity index is 2.69. The molecule has 1 aromatic rings. The number of carbonyl (C=O) groups excluding carboxylic acids is 1. The zero-order valence-corrected chi connectivity index (χ0v) is 12.9. The zero-order chi connectivity index (χ0) is 12.3. The maximum Gasteiger partial charge on any atom is 0.253 e. The van der Waals surface area contributed by atoms with Crippen LogP contribution in [0.3, 0.4) is 0 Å². The molecular weight excluding hydrogens is 358 g/mol. The molecule has 90 valence electrons. The molecule has 1 amide bonds. The minimum Gasteiger partial charge on any atom is -0.396 e. The third kappa shape index (κ3) is 3.55. The quantitative estimate of drug-likeness (QED) is 0.855. The minimum atomic E-state index is -0.123. The third-order valence-corrected chi connectivity index (χ3v) is 4.74. The summed E-state index contributed by atoms with van der Waals surface area (Å²) in [5.41, 5.74) is 0.619. The first-order chi connectivity index (χ1) is 7.45. The molecule has 3 nitrogen and oxygen atoms in total. The van der Waals surface area contributed by atoms with Crippen molar-refractivity contribution in [1.29, 1.82) is 0 Å². The van der Waals surface area contributed by atoms with E-state index in [1.54, 1.807) is 6.07 Å². The standard InChI is InChI=1S/C10H13Br2NO2S/c1-5(4-14)6(2)13-10(15)7-3-8(11)16-9(7)12/h3,5-6,14H,4H2,1-2H3,(H,13,15). The summed E-state index contributed by atoms with van der Waals surface area (Å²) in [6.07, 6.45) is 0. The highest BCUT2D eigenvalue weighted by molar-refractivity contribution is 9.12. The maximum absolute atomic E-state index is 11.9. The van der Waals surface area contributed by atoms with E-state index in [2.05, 4.69) is 37.2 Å². The number of amides is 1. The van der Waals surface area contributed by atoms with Crippen molar-refractivity contribution in [2.75, 3.05) is 6.61 Å². The van der Waals surface area contributed by atoms with Gasteiger partial charge in [-0.15, -0.1) is 11.3 Å². The van der Waals surface area contributed by atoms with Crippen LogP contribution in [-0.2, 0) is 0 Å². The van der Waals surface area contributed by atoms with Gasteiger partial charge >= 0.3 is 0 Å². The molecule has 0 aliphatic rings. The van der Waals surface area contributed by atoms with E-state index in [-0.39, 0.29) is 24.5 Å². The molecule has 1 heterocycles. The Bertz CT molecular complexity index is 381. The SMILES string of the molecule is CC(CO)C(C)NC(=O)c1cc(Br)sc1Br. The highest BCUT2D eigenvalue weighted by Crippen LogP contribution is 2.31. The van der Waals surface area contributed by atoms with E-state index in [1.165, 1.54) is 11.3 Å². The van der Waals surface area contributed by atoms with Crippen LogP contribution in [0.2, 0.25) is 0 Å². The number of halogens is 2. The van der Waals surface area contributed by atoms with Crippen molar-refractivity contribution in [2.45, 2.75) is 19.9 Å². The molecule has 0 saturated heterocycles. The molecule has 2 atom stereocenters. The van der Waals surface area contributed by atoms with Crippen molar-refractivity contribution >= 4 is 49.1 Å². The van der Waals surface area contributed by atoms with E-state index >= 15 is 0 Å². The van der Waals surface area contributed by atoms with Crippen molar-refractivity contribution in [3.8, 4) is 0 Å². The molecule has 0 spiro atoms. The van der Waals surface area contributed by atoms with Crippen molar-refractivity contribution < 1.29 is 9.90 Å². The summed E-state index contributed by atoms with van der Waals surface area (Å²) in [7, 11) is 0. The number of hydrogen-bond acceptors (Lipinski definition) is 3. The lowest BCUT2D eigenvalue weighted by Gasteiger charge is -2.18. The number of aliphatic hydroxyl groups is 1. The fourth-order valence-corrected chi connectivity index (χ4v) is 3.87. The lowest BCUT2D eigenvalue weighted by atomic mass is 10.1. The molecule has 1 rings (SSSR count). The van der Waals surface area contributed by atoms with Crippen LogP contribution in [-0.4, -0.2) is 23.7 Å². The highest BCUT2D eigenvalue weighted by Gasteiger charge is 2.18. The Kier molecular flexibility index (Phi) is 5.43. The van der Waals surface area contributed by atoms with E-state index in [9.17, 15) is 4.79 Å². The van der Waals surface area contributed by atoms with Gasteiger partial charge in [0.05, 0.1) is 13.1 Å². The van der Waals surface area contributed by atoms with Crippen LogP contribution in [0.1, 0.15) is 24.2 Å². The van der Waals surface area contributed by atoms with Crippen molar-refractivity contribution in [2.24, 2.45) is 5.92 Å². The minimum absolute atomic E-state index is 0.0461. The van der Waals surface area contributed by atoms with Gasteiger partial charge in [0.1, 0.15) is 0 Å². The second-order valence-electron chi connectivity index (χ2n) is 3.66. The number of nitrogens with one attached hydrogen (secondary N) is 1. The number of aliphatic hydroxyl groups excluding tert-OH is 1. The number of hydrogen-bond donors (Lipinski definition) is 2. The maximum atomic E-state index is 11.9. The normalized spacial score (nSPS) is 14.6. The molecule has 0 saturated carbocycles. The first-order valence-electron chi connectivity index (χ1n) is 4.82. The van der Waals surface area contributed by atoms with E-state index in [0.717, 1.165) is 7.57 Å². The molecule has 16 heavy (non-hydrogen) atoms. The van der Waals surface area contributed by atoms with Gasteiger partial charge in [0, 0.05) is 12.6 Å². The van der Waals surface area contributed by atoms with Crippen LogP contribution in [0.4, 0.5) is 0 Å². The summed E-state index contributed by atoms with van der Waals surface area (Å²) >= 11 is 8.13. The Hall–Kier alpha value is 0.0900. The average molecular weight is 371 g/mol. The largest absolute Gasteiger partial charge is 0.396 e. The number of thiophene rings is 1.